The molecule has 0 aromatic carbocycles. The minimum atomic E-state index is -0.123. The molecule has 1 aromatic rings. The van der Waals surface area contributed by atoms with Crippen molar-refractivity contribution in [3.05, 3.63) is 11.7 Å². The summed E-state index contributed by atoms with van der Waals surface area (Å²) in [5, 5.41) is 10.4. The van der Waals surface area contributed by atoms with Gasteiger partial charge in [0, 0.05) is 18.5 Å². The standard InChI is InChI=1S/C13H25N5O.HI/c1-7-9(2)16-12(14-6)15-8-10-17-11(19-18-10)13(3,4)5;/h9H,7-8H2,1-6H3,(H2,14,15,16);1H. The number of rotatable bonds is 4. The van der Waals surface area contributed by atoms with Crippen molar-refractivity contribution < 1.29 is 4.52 Å². The molecule has 0 aliphatic carbocycles. The van der Waals surface area contributed by atoms with Crippen LogP contribution in [0.5, 0.6) is 0 Å². The summed E-state index contributed by atoms with van der Waals surface area (Å²) in [7, 11) is 1.74. The predicted octanol–water partition coefficient (Wildman–Crippen LogP) is 2.45. The molecule has 1 aromatic heterocycles. The summed E-state index contributed by atoms with van der Waals surface area (Å²) in [4.78, 5) is 8.52. The van der Waals surface area contributed by atoms with E-state index in [4.69, 9.17) is 4.52 Å². The average Bonchev–Trinajstić information content (AvgIpc) is 2.82. The van der Waals surface area contributed by atoms with Crippen LogP contribution in [0, 0.1) is 0 Å². The number of aliphatic imine (C=N–C) groups is 1. The fraction of sp³-hybridized carbons (Fsp3) is 0.769. The minimum absolute atomic E-state index is 0. The van der Waals surface area contributed by atoms with Crippen molar-refractivity contribution in [1.82, 2.24) is 20.8 Å². The van der Waals surface area contributed by atoms with E-state index in [9.17, 15) is 0 Å². The molecule has 1 atom stereocenters. The molecule has 0 radical (unpaired) electrons. The average molecular weight is 395 g/mol. The van der Waals surface area contributed by atoms with Gasteiger partial charge in [-0.25, -0.2) is 0 Å². The van der Waals surface area contributed by atoms with Crippen LogP contribution in [0.25, 0.3) is 0 Å². The summed E-state index contributed by atoms with van der Waals surface area (Å²) in [6, 6.07) is 0.376. The maximum Gasteiger partial charge on any atom is 0.232 e. The predicted molar refractivity (Wildman–Crippen MR) is 91.5 cm³/mol. The maximum atomic E-state index is 5.24. The molecule has 0 amide bonds. The van der Waals surface area contributed by atoms with E-state index in [0.717, 1.165) is 12.4 Å². The van der Waals surface area contributed by atoms with Gasteiger partial charge in [-0.1, -0.05) is 32.9 Å². The zero-order valence-electron chi connectivity index (χ0n) is 13.1. The van der Waals surface area contributed by atoms with E-state index in [2.05, 4.69) is 39.6 Å². The summed E-state index contributed by atoms with van der Waals surface area (Å²) >= 11 is 0. The van der Waals surface area contributed by atoms with Gasteiger partial charge in [0.25, 0.3) is 0 Å². The molecule has 1 unspecified atom stereocenters. The number of guanidine groups is 1. The molecular formula is C13H26IN5O. The lowest BCUT2D eigenvalue weighted by molar-refractivity contribution is 0.318. The van der Waals surface area contributed by atoms with Crippen LogP contribution in [0.3, 0.4) is 0 Å². The zero-order valence-corrected chi connectivity index (χ0v) is 15.5. The Labute approximate surface area is 138 Å². The molecule has 1 heterocycles. The van der Waals surface area contributed by atoms with Crippen molar-refractivity contribution >= 4 is 29.9 Å². The Bertz CT molecular complexity index is 425. The molecule has 0 aliphatic heterocycles. The number of halogens is 1. The molecule has 6 nitrogen and oxygen atoms in total. The quantitative estimate of drug-likeness (QED) is 0.466. The molecule has 0 spiro atoms. The molecule has 2 N–H and O–H groups in total. The van der Waals surface area contributed by atoms with Crippen LogP contribution in [0.15, 0.2) is 9.52 Å². The molecule has 0 fully saturated rings. The topological polar surface area (TPSA) is 75.3 Å². The van der Waals surface area contributed by atoms with E-state index in [0.29, 0.717) is 24.3 Å². The fourth-order valence-corrected chi connectivity index (χ4v) is 1.32. The summed E-state index contributed by atoms with van der Waals surface area (Å²) < 4.78 is 5.24. The Morgan fingerprint density at radius 1 is 1.40 bits per heavy atom. The van der Waals surface area contributed by atoms with Crippen LogP contribution in [-0.4, -0.2) is 29.2 Å². The molecule has 0 bridgehead atoms. The number of hydrogen-bond acceptors (Lipinski definition) is 4. The van der Waals surface area contributed by atoms with Gasteiger partial charge in [0.15, 0.2) is 11.8 Å². The van der Waals surface area contributed by atoms with E-state index >= 15 is 0 Å². The Hall–Kier alpha value is -0.860. The second-order valence-corrected chi connectivity index (χ2v) is 5.65. The highest BCUT2D eigenvalue weighted by atomic mass is 127. The Morgan fingerprint density at radius 3 is 2.50 bits per heavy atom. The van der Waals surface area contributed by atoms with E-state index in [-0.39, 0.29) is 29.4 Å². The van der Waals surface area contributed by atoms with E-state index in [1.165, 1.54) is 0 Å². The maximum absolute atomic E-state index is 5.24. The van der Waals surface area contributed by atoms with Crippen molar-refractivity contribution in [3.8, 4) is 0 Å². The van der Waals surface area contributed by atoms with Crippen LogP contribution in [-0.2, 0) is 12.0 Å². The van der Waals surface area contributed by atoms with E-state index in [1.54, 1.807) is 7.05 Å². The Morgan fingerprint density at radius 2 is 2.05 bits per heavy atom. The van der Waals surface area contributed by atoms with Crippen molar-refractivity contribution in [3.63, 3.8) is 0 Å². The first-order chi connectivity index (χ1) is 8.86. The van der Waals surface area contributed by atoms with Gasteiger partial charge in [0.1, 0.15) is 0 Å². The van der Waals surface area contributed by atoms with Crippen molar-refractivity contribution in [2.45, 2.75) is 59.0 Å². The van der Waals surface area contributed by atoms with Gasteiger partial charge in [-0.15, -0.1) is 24.0 Å². The molecule has 1 rings (SSSR count). The SMILES string of the molecule is CCC(C)NC(=NC)NCc1noc(C(C)(C)C)n1.I. The molecule has 7 heteroatoms. The van der Waals surface area contributed by atoms with Gasteiger partial charge in [0.2, 0.25) is 5.89 Å². The van der Waals surface area contributed by atoms with Crippen molar-refractivity contribution in [2.75, 3.05) is 7.05 Å². The molecule has 0 aliphatic rings. The smallest absolute Gasteiger partial charge is 0.232 e. The van der Waals surface area contributed by atoms with Crippen LogP contribution in [0.4, 0.5) is 0 Å². The minimum Gasteiger partial charge on any atom is -0.354 e. The molecule has 0 saturated heterocycles. The van der Waals surface area contributed by atoms with Gasteiger partial charge in [-0.05, 0) is 13.3 Å². The lowest BCUT2D eigenvalue weighted by Crippen LogP contribution is -2.41. The van der Waals surface area contributed by atoms with Gasteiger partial charge in [-0.3, -0.25) is 4.99 Å². The lowest BCUT2D eigenvalue weighted by Gasteiger charge is -2.15. The van der Waals surface area contributed by atoms with Crippen molar-refractivity contribution in [1.29, 1.82) is 0 Å². The number of nitrogens with zero attached hydrogens (tertiary/aromatic N) is 3. The number of hydrogen-bond donors (Lipinski definition) is 2. The van der Waals surface area contributed by atoms with Gasteiger partial charge >= 0.3 is 0 Å². The van der Waals surface area contributed by atoms with Gasteiger partial charge in [0.05, 0.1) is 6.54 Å². The largest absolute Gasteiger partial charge is 0.354 e. The Kier molecular flexibility index (Phi) is 8.07. The molecular weight excluding hydrogens is 369 g/mol. The summed E-state index contributed by atoms with van der Waals surface area (Å²) in [5.41, 5.74) is -0.123. The molecule has 116 valence electrons. The van der Waals surface area contributed by atoms with Crippen LogP contribution in [0.2, 0.25) is 0 Å². The second kappa shape index (κ2) is 8.43. The highest BCUT2D eigenvalue weighted by Crippen LogP contribution is 2.19. The van der Waals surface area contributed by atoms with E-state index in [1.807, 2.05) is 20.8 Å². The van der Waals surface area contributed by atoms with Gasteiger partial charge < -0.3 is 15.2 Å². The van der Waals surface area contributed by atoms with Crippen LogP contribution < -0.4 is 10.6 Å². The monoisotopic (exact) mass is 395 g/mol. The first-order valence-electron chi connectivity index (χ1n) is 6.67. The fourth-order valence-electron chi connectivity index (χ4n) is 1.32. The first-order valence-corrected chi connectivity index (χ1v) is 6.67. The third-order valence-electron chi connectivity index (χ3n) is 2.74. The third-order valence-corrected chi connectivity index (χ3v) is 2.74. The summed E-state index contributed by atoms with van der Waals surface area (Å²) in [5.74, 6) is 2.03. The van der Waals surface area contributed by atoms with Crippen molar-refractivity contribution in [2.24, 2.45) is 4.99 Å². The van der Waals surface area contributed by atoms with E-state index < -0.39 is 0 Å². The Balaban J connectivity index is 0.00000361. The number of nitrogens with one attached hydrogen (secondary N) is 2. The molecule has 20 heavy (non-hydrogen) atoms. The summed E-state index contributed by atoms with van der Waals surface area (Å²) in [6.07, 6.45) is 1.04. The third kappa shape index (κ3) is 6.06. The highest BCUT2D eigenvalue weighted by Gasteiger charge is 2.21. The van der Waals surface area contributed by atoms with Crippen LogP contribution >= 0.6 is 24.0 Å². The lowest BCUT2D eigenvalue weighted by atomic mass is 9.97. The normalized spacial score (nSPS) is 13.6. The second-order valence-electron chi connectivity index (χ2n) is 5.65. The zero-order chi connectivity index (χ0) is 14.5. The highest BCUT2D eigenvalue weighted by molar-refractivity contribution is 14.0. The molecule has 0 saturated carbocycles. The van der Waals surface area contributed by atoms with Crippen LogP contribution in [0.1, 0.15) is 52.8 Å². The summed E-state index contributed by atoms with van der Waals surface area (Å²) in [6.45, 7) is 10.9. The number of aromatic nitrogens is 2. The first kappa shape index (κ1) is 19.1. The van der Waals surface area contributed by atoms with Gasteiger partial charge in [-0.2, -0.15) is 4.98 Å².